The van der Waals surface area contributed by atoms with E-state index >= 15 is 0 Å². The number of carboxylic acid groups (broad SMARTS) is 1. The first kappa shape index (κ1) is 15.9. The van der Waals surface area contributed by atoms with E-state index < -0.39 is 5.97 Å². The highest BCUT2D eigenvalue weighted by molar-refractivity contribution is 9.10. The molecule has 0 saturated carbocycles. The van der Waals surface area contributed by atoms with Crippen molar-refractivity contribution in [3.63, 3.8) is 0 Å². The van der Waals surface area contributed by atoms with Gasteiger partial charge in [-0.3, -0.25) is 14.9 Å². The molecule has 0 fully saturated rings. The van der Waals surface area contributed by atoms with Gasteiger partial charge in [-0.2, -0.15) is 0 Å². The van der Waals surface area contributed by atoms with Gasteiger partial charge >= 0.3 is 5.97 Å². The Balaban J connectivity index is 2.02. The molecule has 0 bridgehead atoms. The lowest BCUT2D eigenvalue weighted by Crippen LogP contribution is -2.11. The van der Waals surface area contributed by atoms with Gasteiger partial charge in [0.25, 0.3) is 5.91 Å². The number of aromatic nitrogens is 2. The second kappa shape index (κ2) is 7.01. The average molecular weight is 388 g/mol. The van der Waals surface area contributed by atoms with Crippen LogP contribution in [0, 0.1) is 6.92 Å². The summed E-state index contributed by atoms with van der Waals surface area (Å²) in [5.41, 5.74) is 1.48. The van der Waals surface area contributed by atoms with E-state index in [1.165, 1.54) is 0 Å². The van der Waals surface area contributed by atoms with Crippen molar-refractivity contribution >= 4 is 56.0 Å². The number of halogens is 1. The van der Waals surface area contributed by atoms with Gasteiger partial charge in [0, 0.05) is 10.0 Å². The zero-order chi connectivity index (χ0) is 15.4. The van der Waals surface area contributed by atoms with E-state index in [1.807, 2.05) is 6.92 Å². The first-order chi connectivity index (χ1) is 9.95. The molecule has 0 aliphatic rings. The highest BCUT2D eigenvalue weighted by atomic mass is 79.9. The van der Waals surface area contributed by atoms with Gasteiger partial charge in [0.05, 0.1) is 5.75 Å². The van der Waals surface area contributed by atoms with E-state index in [9.17, 15) is 9.59 Å². The van der Waals surface area contributed by atoms with Crippen LogP contribution in [0.1, 0.15) is 15.9 Å². The molecule has 1 aromatic heterocycles. The summed E-state index contributed by atoms with van der Waals surface area (Å²) in [4.78, 5) is 22.5. The zero-order valence-corrected chi connectivity index (χ0v) is 14.0. The number of rotatable bonds is 5. The Labute approximate surface area is 137 Å². The molecule has 0 aliphatic carbocycles. The zero-order valence-electron chi connectivity index (χ0n) is 10.8. The SMILES string of the molecule is Cc1cc(C(=O)Nc2nnc(SCC(=O)O)s2)ccc1Br. The third-order valence-corrected chi connectivity index (χ3v) is 5.21. The van der Waals surface area contributed by atoms with Crippen LogP contribution in [0.2, 0.25) is 0 Å². The van der Waals surface area contributed by atoms with E-state index in [1.54, 1.807) is 18.2 Å². The molecule has 2 N–H and O–H groups in total. The van der Waals surface area contributed by atoms with Crippen LogP contribution in [0.3, 0.4) is 0 Å². The van der Waals surface area contributed by atoms with E-state index in [0.29, 0.717) is 15.0 Å². The Kier molecular flexibility index (Phi) is 5.32. The fourth-order valence-electron chi connectivity index (χ4n) is 1.40. The van der Waals surface area contributed by atoms with Crippen LogP contribution in [-0.4, -0.2) is 32.9 Å². The van der Waals surface area contributed by atoms with E-state index in [-0.39, 0.29) is 11.7 Å². The lowest BCUT2D eigenvalue weighted by atomic mass is 10.1. The molecule has 21 heavy (non-hydrogen) atoms. The maximum atomic E-state index is 12.1. The summed E-state index contributed by atoms with van der Waals surface area (Å²) in [6, 6.07) is 5.27. The Morgan fingerprint density at radius 2 is 2.19 bits per heavy atom. The normalized spacial score (nSPS) is 10.4. The predicted octanol–water partition coefficient (Wildman–Crippen LogP) is 3.04. The molecule has 2 aromatic rings. The summed E-state index contributed by atoms with van der Waals surface area (Å²) >= 11 is 5.58. The number of amides is 1. The number of nitrogens with zero attached hydrogens (tertiary/aromatic N) is 2. The Hall–Kier alpha value is -1.45. The van der Waals surface area contributed by atoms with Gasteiger partial charge in [0.1, 0.15) is 0 Å². The molecule has 0 radical (unpaired) electrons. The molecule has 110 valence electrons. The summed E-state index contributed by atoms with van der Waals surface area (Å²) in [6.07, 6.45) is 0. The largest absolute Gasteiger partial charge is 0.481 e. The molecule has 0 saturated heterocycles. The third-order valence-electron chi connectivity index (χ3n) is 2.37. The van der Waals surface area contributed by atoms with Crippen LogP contribution in [0.15, 0.2) is 27.0 Å². The summed E-state index contributed by atoms with van der Waals surface area (Å²) in [6.45, 7) is 1.90. The lowest BCUT2D eigenvalue weighted by molar-refractivity contribution is -0.133. The lowest BCUT2D eigenvalue weighted by Gasteiger charge is -2.03. The predicted molar refractivity (Wildman–Crippen MR) is 85.1 cm³/mol. The van der Waals surface area contributed by atoms with Gasteiger partial charge in [-0.15, -0.1) is 10.2 Å². The van der Waals surface area contributed by atoms with Crippen LogP contribution in [-0.2, 0) is 4.79 Å². The number of hydrogen-bond acceptors (Lipinski definition) is 6. The molecule has 1 aromatic carbocycles. The Morgan fingerprint density at radius 1 is 1.43 bits per heavy atom. The van der Waals surface area contributed by atoms with Crippen LogP contribution >= 0.6 is 39.0 Å². The summed E-state index contributed by atoms with van der Waals surface area (Å²) < 4.78 is 1.43. The number of hydrogen-bond donors (Lipinski definition) is 2. The number of carboxylic acids is 1. The van der Waals surface area contributed by atoms with Gasteiger partial charge in [0.2, 0.25) is 5.13 Å². The number of aryl methyl sites for hydroxylation is 1. The molecule has 2 rings (SSSR count). The number of carbonyl (C=O) groups excluding carboxylic acids is 1. The number of aliphatic carboxylic acids is 1. The molecule has 0 unspecified atom stereocenters. The maximum Gasteiger partial charge on any atom is 0.313 e. The number of nitrogens with one attached hydrogen (secondary N) is 1. The summed E-state index contributed by atoms with van der Waals surface area (Å²) in [5, 5.41) is 19.2. The van der Waals surface area contributed by atoms with Crippen LogP contribution in [0.5, 0.6) is 0 Å². The number of carbonyl (C=O) groups is 2. The topological polar surface area (TPSA) is 92.2 Å². The van der Waals surface area contributed by atoms with E-state index in [2.05, 4.69) is 31.4 Å². The molecule has 0 atom stereocenters. The van der Waals surface area contributed by atoms with Gasteiger partial charge in [-0.1, -0.05) is 39.0 Å². The van der Waals surface area contributed by atoms with Gasteiger partial charge in [0.15, 0.2) is 4.34 Å². The van der Waals surface area contributed by atoms with Crippen molar-refractivity contribution in [1.29, 1.82) is 0 Å². The molecular formula is C12H10BrN3O3S2. The maximum absolute atomic E-state index is 12.1. The van der Waals surface area contributed by atoms with Crippen molar-refractivity contribution in [3.05, 3.63) is 33.8 Å². The fraction of sp³-hybridized carbons (Fsp3) is 0.167. The highest BCUT2D eigenvalue weighted by Gasteiger charge is 2.12. The van der Waals surface area contributed by atoms with Crippen LogP contribution in [0.25, 0.3) is 0 Å². The Bertz CT molecular complexity index is 690. The van der Waals surface area contributed by atoms with Crippen molar-refractivity contribution in [3.8, 4) is 0 Å². The standard InChI is InChI=1S/C12H10BrN3O3S2/c1-6-4-7(2-3-8(6)13)10(19)14-11-15-16-12(21-11)20-5-9(17)18/h2-4H,5H2,1H3,(H,17,18)(H,14,15,19). The molecular weight excluding hydrogens is 378 g/mol. The van der Waals surface area contributed by atoms with Gasteiger partial charge < -0.3 is 5.11 Å². The molecule has 9 heteroatoms. The number of anilines is 1. The minimum Gasteiger partial charge on any atom is -0.481 e. The van der Waals surface area contributed by atoms with E-state index in [4.69, 9.17) is 5.11 Å². The minimum atomic E-state index is -0.925. The number of thioether (sulfide) groups is 1. The monoisotopic (exact) mass is 387 g/mol. The molecule has 0 aliphatic heterocycles. The molecule has 1 heterocycles. The van der Waals surface area contributed by atoms with Crippen molar-refractivity contribution in [1.82, 2.24) is 10.2 Å². The van der Waals surface area contributed by atoms with Crippen molar-refractivity contribution in [2.45, 2.75) is 11.3 Å². The molecule has 1 amide bonds. The van der Waals surface area contributed by atoms with Crippen molar-refractivity contribution in [2.75, 3.05) is 11.1 Å². The van der Waals surface area contributed by atoms with Crippen molar-refractivity contribution in [2.24, 2.45) is 0 Å². The second-order valence-electron chi connectivity index (χ2n) is 3.97. The Morgan fingerprint density at radius 3 is 2.86 bits per heavy atom. The van der Waals surface area contributed by atoms with Crippen LogP contribution < -0.4 is 5.32 Å². The highest BCUT2D eigenvalue weighted by Crippen LogP contribution is 2.26. The first-order valence-electron chi connectivity index (χ1n) is 5.71. The smallest absolute Gasteiger partial charge is 0.313 e. The quantitative estimate of drug-likeness (QED) is 0.604. The summed E-state index contributed by atoms with van der Waals surface area (Å²) in [5.74, 6) is -1.29. The first-order valence-corrected chi connectivity index (χ1v) is 8.31. The third kappa shape index (κ3) is 4.51. The molecule has 0 spiro atoms. The number of benzene rings is 1. The van der Waals surface area contributed by atoms with Crippen LogP contribution in [0.4, 0.5) is 5.13 Å². The fourth-order valence-corrected chi connectivity index (χ4v) is 3.11. The minimum absolute atomic E-state index is 0.0888. The average Bonchev–Trinajstić information content (AvgIpc) is 2.87. The second-order valence-corrected chi connectivity index (χ2v) is 7.03. The van der Waals surface area contributed by atoms with Crippen molar-refractivity contribution < 1.29 is 14.7 Å². The van der Waals surface area contributed by atoms with Gasteiger partial charge in [-0.25, -0.2) is 0 Å². The summed E-state index contributed by atoms with van der Waals surface area (Å²) in [7, 11) is 0. The van der Waals surface area contributed by atoms with Gasteiger partial charge in [-0.05, 0) is 30.7 Å². The van der Waals surface area contributed by atoms with E-state index in [0.717, 1.165) is 33.1 Å². The molecule has 6 nitrogen and oxygen atoms in total.